The van der Waals surface area contributed by atoms with Gasteiger partial charge in [0.1, 0.15) is 5.78 Å². The number of Topliss-reactive ketones (excluding diaryl/α,β-unsaturated/α-hetero) is 1. The molecule has 2 unspecified atom stereocenters. The van der Waals surface area contributed by atoms with Crippen molar-refractivity contribution in [3.63, 3.8) is 0 Å². The summed E-state index contributed by atoms with van der Waals surface area (Å²) in [5, 5.41) is 0. The molecule has 0 aliphatic carbocycles. The Morgan fingerprint density at radius 1 is 0.962 bits per heavy atom. The van der Waals surface area contributed by atoms with Crippen LogP contribution in [0.15, 0.2) is 54.6 Å². The van der Waals surface area contributed by atoms with Crippen LogP contribution >= 0.6 is 0 Å². The summed E-state index contributed by atoms with van der Waals surface area (Å²) in [6.07, 6.45) is 3.39. The lowest BCUT2D eigenvalue weighted by atomic mass is 9.82. The first-order valence-corrected chi connectivity index (χ1v) is 9.74. The van der Waals surface area contributed by atoms with E-state index in [0.717, 1.165) is 18.5 Å². The average molecular weight is 356 g/mol. The first-order chi connectivity index (χ1) is 12.4. The maximum atomic E-state index is 11.5. The van der Waals surface area contributed by atoms with Crippen LogP contribution in [0.3, 0.4) is 0 Å². The number of hydrogen-bond donors (Lipinski definition) is 1. The number of nitrogens with two attached hydrogens (primary N) is 1. The molecule has 0 heterocycles. The Kier molecular flexibility index (Phi) is 13.0. The molecule has 144 valence electrons. The van der Waals surface area contributed by atoms with Crippen molar-refractivity contribution in [2.24, 2.45) is 5.92 Å². The van der Waals surface area contributed by atoms with Crippen molar-refractivity contribution in [2.45, 2.75) is 66.7 Å². The van der Waals surface area contributed by atoms with Crippen molar-refractivity contribution in [1.82, 2.24) is 0 Å². The van der Waals surface area contributed by atoms with Crippen LogP contribution in [0, 0.1) is 12.8 Å². The molecule has 2 rings (SSSR count). The number of ketones is 1. The Hall–Kier alpha value is -2.09. The summed E-state index contributed by atoms with van der Waals surface area (Å²) in [5.41, 5.74) is 8.99. The Bertz CT molecular complexity index is 589. The van der Waals surface area contributed by atoms with Crippen LogP contribution in [-0.2, 0) is 4.79 Å². The lowest BCUT2D eigenvalue weighted by Gasteiger charge is -2.22. The van der Waals surface area contributed by atoms with Crippen molar-refractivity contribution in [3.05, 3.63) is 65.7 Å². The van der Waals surface area contributed by atoms with Crippen molar-refractivity contribution in [3.8, 4) is 0 Å². The molecule has 2 atom stereocenters. The minimum atomic E-state index is 0.0866. The van der Waals surface area contributed by atoms with E-state index in [4.69, 9.17) is 5.73 Å². The van der Waals surface area contributed by atoms with E-state index in [9.17, 15) is 4.79 Å². The molecular formula is C24H37NO. The van der Waals surface area contributed by atoms with E-state index in [1.807, 2.05) is 49.4 Å². The highest BCUT2D eigenvalue weighted by atomic mass is 16.1. The van der Waals surface area contributed by atoms with Crippen LogP contribution in [0.2, 0.25) is 0 Å². The van der Waals surface area contributed by atoms with Gasteiger partial charge in [0.25, 0.3) is 0 Å². The van der Waals surface area contributed by atoms with Crippen molar-refractivity contribution in [1.29, 1.82) is 0 Å². The van der Waals surface area contributed by atoms with E-state index in [-0.39, 0.29) is 11.7 Å². The van der Waals surface area contributed by atoms with Gasteiger partial charge in [-0.3, -0.25) is 4.79 Å². The molecule has 0 aliphatic heterocycles. The number of benzene rings is 2. The fourth-order valence-electron chi connectivity index (χ4n) is 2.58. The van der Waals surface area contributed by atoms with Gasteiger partial charge in [0.05, 0.1) is 0 Å². The third kappa shape index (κ3) is 10.0. The normalized spacial score (nSPS) is 11.9. The number of rotatable bonds is 5. The molecule has 2 aromatic rings. The highest BCUT2D eigenvalue weighted by Gasteiger charge is 2.21. The molecule has 0 amide bonds. The molecule has 26 heavy (non-hydrogen) atoms. The number of carbonyl (C=O) groups is 1. The van der Waals surface area contributed by atoms with E-state index in [0.29, 0.717) is 5.92 Å². The summed E-state index contributed by atoms with van der Waals surface area (Å²) in [4.78, 5) is 11.5. The smallest absolute Gasteiger partial charge is 0.133 e. The predicted octanol–water partition coefficient (Wildman–Crippen LogP) is 6.79. The number of hydrogen-bond acceptors (Lipinski definition) is 2. The van der Waals surface area contributed by atoms with E-state index < -0.39 is 0 Å². The molecule has 0 bridgehead atoms. The zero-order valence-electron chi connectivity index (χ0n) is 17.5. The van der Waals surface area contributed by atoms with Crippen LogP contribution < -0.4 is 5.73 Å². The minimum Gasteiger partial charge on any atom is -0.399 e. The lowest BCUT2D eigenvalue weighted by molar-refractivity contribution is -0.120. The fraction of sp³-hybridized carbons (Fsp3) is 0.458. The summed E-state index contributed by atoms with van der Waals surface area (Å²) in [6.45, 7) is 12.2. The van der Waals surface area contributed by atoms with Gasteiger partial charge in [-0.2, -0.15) is 0 Å². The Morgan fingerprint density at radius 3 is 1.81 bits per heavy atom. The van der Waals surface area contributed by atoms with Crippen LogP contribution in [0.25, 0.3) is 0 Å². The molecule has 0 aromatic heterocycles. The zero-order chi connectivity index (χ0) is 19.9. The molecular weight excluding hydrogens is 318 g/mol. The Morgan fingerprint density at radius 2 is 1.46 bits per heavy atom. The summed E-state index contributed by atoms with van der Waals surface area (Å²) in [5.74, 6) is 0.668. The first-order valence-electron chi connectivity index (χ1n) is 9.74. The topological polar surface area (TPSA) is 43.1 Å². The highest BCUT2D eigenvalue weighted by molar-refractivity contribution is 5.79. The van der Waals surface area contributed by atoms with E-state index in [1.54, 1.807) is 6.92 Å². The summed E-state index contributed by atoms with van der Waals surface area (Å²) >= 11 is 0. The predicted molar refractivity (Wildman–Crippen MR) is 115 cm³/mol. The van der Waals surface area contributed by atoms with Crippen LogP contribution in [0.1, 0.15) is 70.9 Å². The highest BCUT2D eigenvalue weighted by Crippen LogP contribution is 2.30. The largest absolute Gasteiger partial charge is 0.399 e. The second-order valence-electron chi connectivity index (χ2n) is 6.82. The number of aryl methyl sites for hydroxylation is 1. The number of anilines is 1. The van der Waals surface area contributed by atoms with Crippen LogP contribution in [-0.4, -0.2) is 5.78 Å². The van der Waals surface area contributed by atoms with Gasteiger partial charge < -0.3 is 5.73 Å². The number of nitrogen functional groups attached to an aromatic ring is 1. The van der Waals surface area contributed by atoms with Gasteiger partial charge in [0, 0.05) is 11.6 Å². The van der Waals surface area contributed by atoms with Gasteiger partial charge >= 0.3 is 0 Å². The second-order valence-corrected chi connectivity index (χ2v) is 6.82. The number of carbonyl (C=O) groups excluding carboxylic acids is 1. The molecule has 0 fully saturated rings. The van der Waals surface area contributed by atoms with Crippen molar-refractivity contribution >= 4 is 11.5 Å². The lowest BCUT2D eigenvalue weighted by Crippen LogP contribution is -2.17. The average Bonchev–Trinajstić information content (AvgIpc) is 2.62. The fourth-order valence-corrected chi connectivity index (χ4v) is 2.58. The third-order valence-corrected chi connectivity index (χ3v) is 4.15. The molecule has 2 nitrogen and oxygen atoms in total. The van der Waals surface area contributed by atoms with Gasteiger partial charge in [-0.25, -0.2) is 0 Å². The molecule has 0 radical (unpaired) electrons. The molecule has 0 saturated heterocycles. The Balaban J connectivity index is 0.000000514. The summed E-state index contributed by atoms with van der Waals surface area (Å²) in [7, 11) is 0. The maximum Gasteiger partial charge on any atom is 0.133 e. The summed E-state index contributed by atoms with van der Waals surface area (Å²) < 4.78 is 0. The van der Waals surface area contributed by atoms with Gasteiger partial charge in [-0.15, -0.1) is 0 Å². The standard InChI is InChI=1S/C14H21NO.C7H8.C3H8/c1-4-5-14(10(2)11(3)16)12-6-8-13(15)9-7-12;1-7-5-3-2-4-6-7;1-3-2/h6-10,14H,4-5,15H2,1-3H3;2-6H,1H3;3H2,1-2H3. The zero-order valence-corrected chi connectivity index (χ0v) is 17.5. The molecule has 0 aliphatic rings. The van der Waals surface area contributed by atoms with E-state index >= 15 is 0 Å². The Labute approximate surface area is 160 Å². The second kappa shape index (κ2) is 14.1. The molecule has 0 spiro atoms. The quantitative estimate of drug-likeness (QED) is 0.600. The van der Waals surface area contributed by atoms with E-state index in [2.05, 4.69) is 39.8 Å². The monoisotopic (exact) mass is 355 g/mol. The van der Waals surface area contributed by atoms with E-state index in [1.165, 1.54) is 17.5 Å². The SMILES string of the molecule is CCC.CCCC(c1ccc(N)cc1)C(C)C(C)=O.Cc1ccccc1. The maximum absolute atomic E-state index is 11.5. The van der Waals surface area contributed by atoms with Crippen molar-refractivity contribution in [2.75, 3.05) is 5.73 Å². The van der Waals surface area contributed by atoms with Gasteiger partial charge in [-0.1, -0.05) is 88.6 Å². The minimum absolute atomic E-state index is 0.0866. The molecule has 0 saturated carbocycles. The third-order valence-electron chi connectivity index (χ3n) is 4.15. The molecule has 2 aromatic carbocycles. The summed E-state index contributed by atoms with van der Waals surface area (Å²) in [6, 6.07) is 18.2. The molecule has 2 N–H and O–H groups in total. The molecule has 2 heteroatoms. The van der Waals surface area contributed by atoms with Gasteiger partial charge in [0.15, 0.2) is 0 Å². The first kappa shape index (κ1) is 23.9. The van der Waals surface area contributed by atoms with Gasteiger partial charge in [-0.05, 0) is 43.9 Å². The van der Waals surface area contributed by atoms with Crippen LogP contribution in [0.5, 0.6) is 0 Å². The van der Waals surface area contributed by atoms with Crippen molar-refractivity contribution < 1.29 is 4.79 Å². The van der Waals surface area contributed by atoms with Gasteiger partial charge in [0.2, 0.25) is 0 Å². The van der Waals surface area contributed by atoms with Crippen LogP contribution in [0.4, 0.5) is 5.69 Å².